The number of hydrogen-bond acceptors (Lipinski definition) is 6. The van der Waals surface area contributed by atoms with Gasteiger partial charge in [0.25, 0.3) is 0 Å². The van der Waals surface area contributed by atoms with Crippen LogP contribution in [0.15, 0.2) is 162 Å². The van der Waals surface area contributed by atoms with Crippen LogP contribution in [0.2, 0.25) is 0 Å². The Bertz CT molecular complexity index is 2780. The molecule has 0 aliphatic carbocycles. The van der Waals surface area contributed by atoms with E-state index in [4.69, 9.17) is 19.4 Å². The number of phenols is 1. The third-order valence-corrected chi connectivity index (χ3v) is 9.75. The number of hydrogen-bond donors (Lipinski definition) is 1. The van der Waals surface area contributed by atoms with Crippen molar-refractivity contribution in [1.29, 1.82) is 0 Å². The second-order valence-corrected chi connectivity index (χ2v) is 14.3. The molecule has 0 fully saturated rings. The average Bonchev–Trinajstić information content (AvgIpc) is 3.57. The van der Waals surface area contributed by atoms with Crippen molar-refractivity contribution < 1.29 is 9.52 Å². The average molecular weight is 689 g/mol. The molecule has 1 N–H and O–H groups in total. The molecule has 0 saturated carbocycles. The van der Waals surface area contributed by atoms with Gasteiger partial charge in [0.1, 0.15) is 28.4 Å². The van der Waals surface area contributed by atoms with Gasteiger partial charge in [0.05, 0.1) is 5.69 Å². The van der Waals surface area contributed by atoms with E-state index in [0.29, 0.717) is 33.8 Å². The highest BCUT2D eigenvalue weighted by Gasteiger charge is 2.27. The maximum atomic E-state index is 12.1. The number of anilines is 3. The van der Waals surface area contributed by atoms with Crippen molar-refractivity contribution >= 4 is 50.0 Å². The lowest BCUT2D eigenvalue weighted by Gasteiger charge is -2.26. The van der Waals surface area contributed by atoms with Gasteiger partial charge < -0.3 is 9.52 Å². The van der Waals surface area contributed by atoms with Gasteiger partial charge >= 0.3 is 0 Å². The summed E-state index contributed by atoms with van der Waals surface area (Å²) in [5.41, 5.74) is 8.26. The van der Waals surface area contributed by atoms with Crippen LogP contribution in [0.25, 0.3) is 66.6 Å². The number of pyridine rings is 1. The molecular formula is C47H36N4O2. The minimum Gasteiger partial charge on any atom is -0.507 e. The Balaban J connectivity index is 1.29. The van der Waals surface area contributed by atoms with Crippen LogP contribution in [0.4, 0.5) is 17.2 Å². The Hall–Kier alpha value is -6.79. The fourth-order valence-electron chi connectivity index (χ4n) is 7.15. The first kappa shape index (κ1) is 32.1. The summed E-state index contributed by atoms with van der Waals surface area (Å²) in [5, 5.41) is 15.2. The molecule has 0 saturated heterocycles. The maximum absolute atomic E-state index is 12.1. The number of furan rings is 1. The summed E-state index contributed by atoms with van der Waals surface area (Å²) in [6.45, 7) is 6.33. The SMILES string of the molecule is CC(C)(C)c1cc(-c2ccccc2)cc(-c2nc(-c3cccc(N(c4ccccn4)c4cccc5ccccc45)c3)nc3c2oc2ccccc23)c1O. The molecule has 0 aliphatic heterocycles. The van der Waals surface area contributed by atoms with Gasteiger partial charge in [-0.25, -0.2) is 15.0 Å². The van der Waals surface area contributed by atoms with Crippen LogP contribution in [0, 0.1) is 0 Å². The third-order valence-electron chi connectivity index (χ3n) is 9.75. The van der Waals surface area contributed by atoms with E-state index in [1.54, 1.807) is 0 Å². The summed E-state index contributed by atoms with van der Waals surface area (Å²) in [5.74, 6) is 1.48. The lowest BCUT2D eigenvalue weighted by atomic mass is 9.82. The summed E-state index contributed by atoms with van der Waals surface area (Å²) < 4.78 is 6.52. The quantitative estimate of drug-likeness (QED) is 0.187. The van der Waals surface area contributed by atoms with Crippen LogP contribution in [0.5, 0.6) is 5.75 Å². The number of benzene rings is 6. The van der Waals surface area contributed by atoms with Crippen molar-refractivity contribution in [3.63, 3.8) is 0 Å². The summed E-state index contributed by atoms with van der Waals surface area (Å²) in [4.78, 5) is 17.4. The monoisotopic (exact) mass is 688 g/mol. The predicted molar refractivity (Wildman–Crippen MR) is 216 cm³/mol. The van der Waals surface area contributed by atoms with Crippen molar-refractivity contribution in [2.45, 2.75) is 26.2 Å². The number of aromatic hydroxyl groups is 1. The second kappa shape index (κ2) is 12.8. The van der Waals surface area contributed by atoms with Crippen LogP contribution in [0.1, 0.15) is 26.3 Å². The molecule has 9 rings (SSSR count). The smallest absolute Gasteiger partial charge is 0.180 e. The van der Waals surface area contributed by atoms with Crippen molar-refractivity contribution in [3.05, 3.63) is 163 Å². The second-order valence-electron chi connectivity index (χ2n) is 14.3. The van der Waals surface area contributed by atoms with E-state index < -0.39 is 0 Å². The zero-order valence-corrected chi connectivity index (χ0v) is 29.7. The Morgan fingerprint density at radius 1 is 0.623 bits per heavy atom. The molecule has 9 aromatic rings. The molecule has 0 bridgehead atoms. The maximum Gasteiger partial charge on any atom is 0.180 e. The third kappa shape index (κ3) is 5.75. The number of aromatic nitrogens is 3. The Morgan fingerprint density at radius 2 is 1.34 bits per heavy atom. The van der Waals surface area contributed by atoms with Crippen LogP contribution < -0.4 is 4.90 Å². The topological polar surface area (TPSA) is 75.3 Å². The summed E-state index contributed by atoms with van der Waals surface area (Å²) in [6.07, 6.45) is 1.81. The summed E-state index contributed by atoms with van der Waals surface area (Å²) >= 11 is 0. The van der Waals surface area contributed by atoms with Gasteiger partial charge in [0.2, 0.25) is 0 Å². The first-order chi connectivity index (χ1) is 25.8. The highest BCUT2D eigenvalue weighted by molar-refractivity contribution is 6.08. The first-order valence-corrected chi connectivity index (χ1v) is 17.8. The fraction of sp³-hybridized carbons (Fsp3) is 0.0851. The van der Waals surface area contributed by atoms with Gasteiger partial charge in [-0.2, -0.15) is 0 Å². The van der Waals surface area contributed by atoms with Crippen LogP contribution in [-0.4, -0.2) is 20.1 Å². The molecule has 3 heterocycles. The van der Waals surface area contributed by atoms with Crippen molar-refractivity contribution in [2.75, 3.05) is 4.90 Å². The molecular weight excluding hydrogens is 653 g/mol. The van der Waals surface area contributed by atoms with E-state index in [9.17, 15) is 5.11 Å². The van der Waals surface area contributed by atoms with Gasteiger partial charge in [-0.15, -0.1) is 0 Å². The Kier molecular flexibility index (Phi) is 7.74. The number of fused-ring (bicyclic) bond motifs is 4. The molecule has 6 nitrogen and oxygen atoms in total. The molecule has 0 spiro atoms. The zero-order valence-electron chi connectivity index (χ0n) is 29.7. The minimum atomic E-state index is -0.350. The van der Waals surface area contributed by atoms with E-state index in [2.05, 4.69) is 98.5 Å². The van der Waals surface area contributed by atoms with E-state index in [0.717, 1.165) is 55.6 Å². The van der Waals surface area contributed by atoms with Gasteiger partial charge in [-0.3, -0.25) is 4.90 Å². The van der Waals surface area contributed by atoms with Gasteiger partial charge in [0, 0.05) is 39.3 Å². The van der Waals surface area contributed by atoms with Crippen molar-refractivity contribution in [2.24, 2.45) is 0 Å². The summed E-state index contributed by atoms with van der Waals surface area (Å²) in [7, 11) is 0. The number of nitrogens with zero attached hydrogens (tertiary/aromatic N) is 4. The lowest BCUT2D eigenvalue weighted by Crippen LogP contribution is -2.12. The van der Waals surface area contributed by atoms with Crippen LogP contribution >= 0.6 is 0 Å². The van der Waals surface area contributed by atoms with Gasteiger partial charge in [-0.05, 0) is 76.5 Å². The highest BCUT2D eigenvalue weighted by Crippen LogP contribution is 2.45. The molecule has 53 heavy (non-hydrogen) atoms. The molecule has 0 unspecified atom stereocenters. The molecule has 0 radical (unpaired) electrons. The minimum absolute atomic E-state index is 0.176. The van der Waals surface area contributed by atoms with Crippen molar-refractivity contribution in [3.8, 4) is 39.5 Å². The van der Waals surface area contributed by atoms with E-state index >= 15 is 0 Å². The first-order valence-electron chi connectivity index (χ1n) is 17.8. The van der Waals surface area contributed by atoms with Crippen LogP contribution in [0.3, 0.4) is 0 Å². The fourth-order valence-corrected chi connectivity index (χ4v) is 7.15. The largest absolute Gasteiger partial charge is 0.507 e. The number of para-hydroxylation sites is 1. The molecule has 0 aliphatic rings. The predicted octanol–water partition coefficient (Wildman–Crippen LogP) is 12.4. The van der Waals surface area contributed by atoms with E-state index in [1.165, 1.54) is 0 Å². The van der Waals surface area contributed by atoms with Crippen molar-refractivity contribution in [1.82, 2.24) is 15.0 Å². The Labute approximate surface area is 307 Å². The molecule has 6 heteroatoms. The molecule has 3 aromatic heterocycles. The zero-order chi connectivity index (χ0) is 36.1. The van der Waals surface area contributed by atoms with Crippen LogP contribution in [-0.2, 0) is 5.41 Å². The number of rotatable bonds is 6. The molecule has 256 valence electrons. The standard InChI is InChI=1S/C47H36N4O2/c1-47(2,3)38-29-33(30-15-5-4-6-16-30)28-37(44(38)52)43-45-42(36-22-9-10-24-40(36)53-45)49-46(50-43)32-19-13-20-34(27-32)51(41-25-11-12-26-48-41)39-23-14-18-31-17-7-8-21-35(31)39/h4-29,52H,1-3H3. The highest BCUT2D eigenvalue weighted by atomic mass is 16.3. The molecule has 0 atom stereocenters. The molecule has 0 amide bonds. The normalized spacial score (nSPS) is 11.8. The van der Waals surface area contributed by atoms with Gasteiger partial charge in [-0.1, -0.05) is 118 Å². The molecule has 6 aromatic carbocycles. The summed E-state index contributed by atoms with van der Waals surface area (Å²) in [6, 6.07) is 51.1. The number of phenolic OH excluding ortho intramolecular Hbond substituents is 1. The van der Waals surface area contributed by atoms with E-state index in [-0.39, 0.29) is 11.2 Å². The van der Waals surface area contributed by atoms with E-state index in [1.807, 2.05) is 85.1 Å². The van der Waals surface area contributed by atoms with Gasteiger partial charge in [0.15, 0.2) is 11.4 Å². The Morgan fingerprint density at radius 3 is 2.15 bits per heavy atom. The lowest BCUT2D eigenvalue weighted by molar-refractivity contribution is 0.448.